The van der Waals surface area contributed by atoms with E-state index in [1.165, 1.54) is 0 Å². The Morgan fingerprint density at radius 3 is 2.69 bits per heavy atom. The van der Waals surface area contributed by atoms with Gasteiger partial charge in [-0.1, -0.05) is 12.1 Å². The van der Waals surface area contributed by atoms with Gasteiger partial charge in [-0.15, -0.1) is 0 Å². The second kappa shape index (κ2) is 6.85. The number of aliphatic hydroxyl groups is 1. The number of nitrogens with zero attached hydrogens (tertiary/aromatic N) is 5. The van der Waals surface area contributed by atoms with Gasteiger partial charge in [-0.25, -0.2) is 9.78 Å². The van der Waals surface area contributed by atoms with Crippen LogP contribution in [0.25, 0.3) is 22.1 Å². The molecular formula is C20H23N5O4. The first kappa shape index (κ1) is 18.1. The molecule has 0 spiro atoms. The monoisotopic (exact) mass is 397 g/mol. The number of aliphatic hydroxyl groups excluding tert-OH is 1. The molecule has 152 valence electrons. The molecule has 5 rings (SSSR count). The van der Waals surface area contributed by atoms with Gasteiger partial charge < -0.3 is 29.3 Å². The zero-order valence-corrected chi connectivity index (χ0v) is 16.2. The molecule has 2 fully saturated rings. The number of aromatic nitrogens is 2. The third-order valence-corrected chi connectivity index (χ3v) is 5.81. The number of furan rings is 1. The molecule has 2 N–H and O–H groups in total. The van der Waals surface area contributed by atoms with Crippen molar-refractivity contribution in [3.05, 3.63) is 24.3 Å². The second-order valence-electron chi connectivity index (χ2n) is 7.81. The van der Waals surface area contributed by atoms with Crippen LogP contribution < -0.4 is 9.80 Å². The van der Waals surface area contributed by atoms with Gasteiger partial charge in [0.05, 0.1) is 6.10 Å². The summed E-state index contributed by atoms with van der Waals surface area (Å²) in [6, 6.07) is 6.77. The summed E-state index contributed by atoms with van der Waals surface area (Å²) in [5.74, 6) is 0.0207. The van der Waals surface area contributed by atoms with Gasteiger partial charge in [0.2, 0.25) is 5.95 Å². The van der Waals surface area contributed by atoms with Gasteiger partial charge in [0.1, 0.15) is 17.1 Å². The Bertz CT molecular complexity index is 1080. The number of anilines is 2. The van der Waals surface area contributed by atoms with Gasteiger partial charge >= 0.3 is 5.97 Å². The molecule has 2 aromatic heterocycles. The van der Waals surface area contributed by atoms with Crippen molar-refractivity contribution in [2.45, 2.75) is 18.6 Å². The molecule has 3 aromatic rings. The summed E-state index contributed by atoms with van der Waals surface area (Å²) in [5.41, 5.74) is 1.81. The number of aliphatic carboxylic acids is 1. The van der Waals surface area contributed by atoms with Crippen LogP contribution in [0.3, 0.4) is 0 Å². The molecular weight excluding hydrogens is 374 g/mol. The molecule has 1 aromatic carbocycles. The highest BCUT2D eigenvalue weighted by Gasteiger charge is 2.39. The number of likely N-dealkylation sites (N-methyl/N-ethyl adjacent to an activating group) is 1. The van der Waals surface area contributed by atoms with Gasteiger partial charge in [-0.2, -0.15) is 4.98 Å². The first-order valence-corrected chi connectivity index (χ1v) is 9.81. The number of carboxylic acid groups (broad SMARTS) is 1. The number of rotatable bonds is 3. The van der Waals surface area contributed by atoms with Crippen molar-refractivity contribution in [1.82, 2.24) is 14.9 Å². The van der Waals surface area contributed by atoms with Crippen molar-refractivity contribution >= 4 is 39.8 Å². The van der Waals surface area contributed by atoms with Gasteiger partial charge in [-0.3, -0.25) is 0 Å². The van der Waals surface area contributed by atoms with Crippen molar-refractivity contribution in [3.8, 4) is 0 Å². The summed E-state index contributed by atoms with van der Waals surface area (Å²) < 4.78 is 6.05. The van der Waals surface area contributed by atoms with E-state index in [2.05, 4.69) is 16.8 Å². The number of benzene rings is 1. The molecule has 0 amide bonds. The number of β-amino-alcohol motifs (C(OH)–C–C–N with tert-alkyl or cyclic N) is 1. The third kappa shape index (κ3) is 3.06. The van der Waals surface area contributed by atoms with Crippen molar-refractivity contribution in [1.29, 1.82) is 0 Å². The summed E-state index contributed by atoms with van der Waals surface area (Å²) in [6.45, 7) is 3.60. The average Bonchev–Trinajstić information content (AvgIpc) is 3.28. The summed E-state index contributed by atoms with van der Waals surface area (Å²) >= 11 is 0. The van der Waals surface area contributed by atoms with Gasteiger partial charge in [0.15, 0.2) is 11.4 Å². The molecule has 0 bridgehead atoms. The Hall–Kier alpha value is -2.91. The maximum absolute atomic E-state index is 11.8. The molecule has 9 heteroatoms. The normalized spacial score (nSPS) is 23.4. The lowest BCUT2D eigenvalue weighted by Gasteiger charge is -2.33. The van der Waals surface area contributed by atoms with Crippen LogP contribution >= 0.6 is 0 Å². The maximum Gasteiger partial charge on any atom is 0.326 e. The SMILES string of the molecule is CN1CCN(c2nc(N3C[C@@H](O)C[C@H]3C(=O)O)c3oc4ccccc4c3n2)CC1. The molecule has 0 aliphatic carbocycles. The minimum Gasteiger partial charge on any atom is -0.480 e. The maximum atomic E-state index is 11.8. The highest BCUT2D eigenvalue weighted by atomic mass is 16.4. The highest BCUT2D eigenvalue weighted by molar-refractivity contribution is 6.06. The molecule has 0 radical (unpaired) electrons. The van der Waals surface area contributed by atoms with Gasteiger partial charge in [0, 0.05) is 44.5 Å². The number of carbonyl (C=O) groups is 1. The Morgan fingerprint density at radius 1 is 1.17 bits per heavy atom. The number of hydrogen-bond donors (Lipinski definition) is 2. The molecule has 2 atom stereocenters. The molecule has 4 heterocycles. The zero-order valence-electron chi connectivity index (χ0n) is 16.2. The van der Waals surface area contributed by atoms with Crippen LogP contribution in [0, 0.1) is 0 Å². The number of hydrogen-bond acceptors (Lipinski definition) is 8. The third-order valence-electron chi connectivity index (χ3n) is 5.81. The predicted molar refractivity (Wildman–Crippen MR) is 108 cm³/mol. The van der Waals surface area contributed by atoms with Crippen molar-refractivity contribution < 1.29 is 19.4 Å². The van der Waals surface area contributed by atoms with Crippen LogP contribution in [0.5, 0.6) is 0 Å². The highest BCUT2D eigenvalue weighted by Crippen LogP contribution is 2.37. The number of para-hydroxylation sites is 1. The first-order chi connectivity index (χ1) is 14.0. The fourth-order valence-corrected chi connectivity index (χ4v) is 4.19. The number of fused-ring (bicyclic) bond motifs is 3. The predicted octanol–water partition coefficient (Wildman–Crippen LogP) is 1.15. The fraction of sp³-hybridized carbons (Fsp3) is 0.450. The van der Waals surface area contributed by atoms with Crippen LogP contribution in [-0.4, -0.2) is 83.0 Å². The van der Waals surface area contributed by atoms with Crippen LogP contribution in [0.15, 0.2) is 28.7 Å². The summed E-state index contributed by atoms with van der Waals surface area (Å²) in [6.07, 6.45) is -0.567. The quantitative estimate of drug-likeness (QED) is 0.673. The summed E-state index contributed by atoms with van der Waals surface area (Å²) in [5, 5.41) is 20.7. The lowest BCUT2D eigenvalue weighted by molar-refractivity contribution is -0.138. The molecule has 2 aliphatic rings. The topological polar surface area (TPSA) is 106 Å². The van der Waals surface area contributed by atoms with E-state index in [0.717, 1.165) is 31.6 Å². The smallest absolute Gasteiger partial charge is 0.326 e. The van der Waals surface area contributed by atoms with Crippen molar-refractivity contribution in [2.24, 2.45) is 0 Å². The molecule has 29 heavy (non-hydrogen) atoms. The van der Waals surface area contributed by atoms with E-state index in [4.69, 9.17) is 14.4 Å². The Balaban J connectivity index is 1.69. The van der Waals surface area contributed by atoms with Crippen LogP contribution in [0.1, 0.15) is 6.42 Å². The molecule has 9 nitrogen and oxygen atoms in total. The van der Waals surface area contributed by atoms with Crippen molar-refractivity contribution in [3.63, 3.8) is 0 Å². The van der Waals surface area contributed by atoms with E-state index in [0.29, 0.717) is 28.4 Å². The van der Waals surface area contributed by atoms with Gasteiger partial charge in [-0.05, 0) is 19.2 Å². The van der Waals surface area contributed by atoms with Crippen molar-refractivity contribution in [2.75, 3.05) is 49.6 Å². The lowest BCUT2D eigenvalue weighted by atomic mass is 10.2. The van der Waals surface area contributed by atoms with E-state index in [1.807, 2.05) is 24.3 Å². The molecule has 2 aliphatic heterocycles. The minimum absolute atomic E-state index is 0.158. The Morgan fingerprint density at radius 2 is 1.93 bits per heavy atom. The van der Waals surface area contributed by atoms with E-state index in [1.54, 1.807) is 4.90 Å². The Labute approximate surface area is 167 Å². The van der Waals surface area contributed by atoms with E-state index >= 15 is 0 Å². The minimum atomic E-state index is -0.981. The zero-order chi connectivity index (χ0) is 20.1. The van der Waals surface area contributed by atoms with E-state index in [-0.39, 0.29) is 13.0 Å². The average molecular weight is 397 g/mol. The standard InChI is InChI=1S/C20H23N5O4/c1-23-6-8-24(9-7-23)20-21-16-13-4-2-3-5-15(13)29-17(16)18(22-20)25-11-12(26)10-14(25)19(27)28/h2-5,12,14,26H,6-11H2,1H3,(H,27,28)/t12-,14-/m0/s1. The van der Waals surface area contributed by atoms with E-state index in [9.17, 15) is 15.0 Å². The molecule has 0 saturated carbocycles. The summed E-state index contributed by atoms with van der Waals surface area (Å²) in [4.78, 5) is 27.4. The first-order valence-electron chi connectivity index (χ1n) is 9.81. The van der Waals surface area contributed by atoms with Gasteiger partial charge in [0.25, 0.3) is 0 Å². The second-order valence-corrected chi connectivity index (χ2v) is 7.81. The summed E-state index contributed by atoms with van der Waals surface area (Å²) in [7, 11) is 2.08. The van der Waals surface area contributed by atoms with Crippen LogP contribution in [-0.2, 0) is 4.79 Å². The van der Waals surface area contributed by atoms with Crippen LogP contribution in [0.2, 0.25) is 0 Å². The molecule has 2 saturated heterocycles. The van der Waals surface area contributed by atoms with E-state index < -0.39 is 18.1 Å². The molecule has 0 unspecified atom stereocenters. The Kier molecular flexibility index (Phi) is 4.29. The fourth-order valence-electron chi connectivity index (χ4n) is 4.19. The lowest BCUT2D eigenvalue weighted by Crippen LogP contribution is -2.45. The number of piperazine rings is 1. The number of carboxylic acids is 1. The largest absolute Gasteiger partial charge is 0.480 e. The van der Waals surface area contributed by atoms with Crippen LogP contribution in [0.4, 0.5) is 11.8 Å².